The molecule has 8 nitrogen and oxygen atoms in total. The topological polar surface area (TPSA) is 99.2 Å². The van der Waals surface area contributed by atoms with Gasteiger partial charge in [-0.1, -0.05) is 0 Å². The molecule has 3 rings (SSSR count). The summed E-state index contributed by atoms with van der Waals surface area (Å²) in [6.07, 6.45) is 2.27. The molecule has 0 N–H and O–H groups in total. The van der Waals surface area contributed by atoms with Crippen molar-refractivity contribution in [2.45, 2.75) is 43.3 Å². The molecule has 0 aliphatic carbocycles. The van der Waals surface area contributed by atoms with Gasteiger partial charge in [-0.3, -0.25) is 4.79 Å². The van der Waals surface area contributed by atoms with Gasteiger partial charge in [0.2, 0.25) is 0 Å². The zero-order chi connectivity index (χ0) is 19.6. The number of carbonyl (C=O) groups is 2. The highest BCUT2D eigenvalue weighted by Gasteiger charge is 2.41. The van der Waals surface area contributed by atoms with Crippen LogP contribution in [0.3, 0.4) is 0 Å². The van der Waals surface area contributed by atoms with Gasteiger partial charge in [0.15, 0.2) is 0 Å². The van der Waals surface area contributed by atoms with E-state index in [2.05, 4.69) is 0 Å². The summed E-state index contributed by atoms with van der Waals surface area (Å²) in [4.78, 5) is 24.6. The molecule has 1 saturated heterocycles. The van der Waals surface area contributed by atoms with Crippen LogP contribution in [0.1, 0.15) is 46.9 Å². The van der Waals surface area contributed by atoms with Crippen LogP contribution in [0.4, 0.5) is 0 Å². The van der Waals surface area contributed by atoms with Crippen molar-refractivity contribution in [3.63, 3.8) is 0 Å². The van der Waals surface area contributed by atoms with Gasteiger partial charge in [0, 0.05) is 20.1 Å². The third-order valence-corrected chi connectivity index (χ3v) is 6.49. The SMILES string of the molecule is COCCN1C(=O)c2ccc(C(=O)OC(C)CC3CCCO3)cc2S1(=O)=O. The van der Waals surface area contributed by atoms with E-state index in [4.69, 9.17) is 14.2 Å². The number of nitrogens with zero attached hydrogens (tertiary/aromatic N) is 1. The fraction of sp³-hybridized carbons (Fsp3) is 0.556. The lowest BCUT2D eigenvalue weighted by molar-refractivity contribution is 0.0146. The molecule has 0 bridgehead atoms. The van der Waals surface area contributed by atoms with Crippen LogP contribution in [-0.4, -0.2) is 63.7 Å². The minimum atomic E-state index is -3.99. The Morgan fingerprint density at radius 2 is 2.19 bits per heavy atom. The normalized spacial score (nSPS) is 21.9. The summed E-state index contributed by atoms with van der Waals surface area (Å²) >= 11 is 0. The summed E-state index contributed by atoms with van der Waals surface area (Å²) in [7, 11) is -2.57. The van der Waals surface area contributed by atoms with Crippen molar-refractivity contribution in [3.05, 3.63) is 29.3 Å². The molecule has 1 amide bonds. The number of rotatable bonds is 7. The molecule has 2 heterocycles. The van der Waals surface area contributed by atoms with Gasteiger partial charge in [0.05, 0.1) is 30.4 Å². The monoisotopic (exact) mass is 397 g/mol. The first kappa shape index (κ1) is 19.8. The number of sulfonamides is 1. The van der Waals surface area contributed by atoms with E-state index < -0.39 is 21.9 Å². The van der Waals surface area contributed by atoms with Gasteiger partial charge < -0.3 is 14.2 Å². The smallest absolute Gasteiger partial charge is 0.338 e. The van der Waals surface area contributed by atoms with Crippen molar-refractivity contribution in [3.8, 4) is 0 Å². The van der Waals surface area contributed by atoms with E-state index in [9.17, 15) is 18.0 Å². The van der Waals surface area contributed by atoms with Gasteiger partial charge in [-0.25, -0.2) is 17.5 Å². The number of fused-ring (bicyclic) bond motifs is 1. The van der Waals surface area contributed by atoms with E-state index in [1.54, 1.807) is 6.92 Å². The number of carbonyl (C=O) groups excluding carboxylic acids is 2. The summed E-state index contributed by atoms with van der Waals surface area (Å²) in [5.41, 5.74) is 0.146. The van der Waals surface area contributed by atoms with Crippen LogP contribution in [0.15, 0.2) is 23.1 Å². The summed E-state index contributed by atoms with van der Waals surface area (Å²) in [5.74, 6) is -1.24. The Morgan fingerprint density at radius 1 is 1.41 bits per heavy atom. The van der Waals surface area contributed by atoms with Crippen molar-refractivity contribution in [2.75, 3.05) is 26.9 Å². The number of amides is 1. The molecule has 0 spiro atoms. The van der Waals surface area contributed by atoms with Gasteiger partial charge >= 0.3 is 5.97 Å². The minimum absolute atomic E-state index is 0.0510. The van der Waals surface area contributed by atoms with Crippen LogP contribution in [0, 0.1) is 0 Å². The van der Waals surface area contributed by atoms with Crippen LogP contribution >= 0.6 is 0 Å². The third kappa shape index (κ3) is 3.99. The molecule has 2 atom stereocenters. The number of methoxy groups -OCH3 is 1. The van der Waals surface area contributed by atoms with Crippen molar-refractivity contribution >= 4 is 21.9 Å². The van der Waals surface area contributed by atoms with E-state index in [0.29, 0.717) is 6.42 Å². The lowest BCUT2D eigenvalue weighted by Crippen LogP contribution is -2.33. The van der Waals surface area contributed by atoms with Crippen molar-refractivity contribution < 1.29 is 32.2 Å². The van der Waals surface area contributed by atoms with Gasteiger partial charge in [0.1, 0.15) is 11.0 Å². The quantitative estimate of drug-likeness (QED) is 0.644. The van der Waals surface area contributed by atoms with Crippen LogP contribution < -0.4 is 0 Å². The molecule has 9 heteroatoms. The van der Waals surface area contributed by atoms with E-state index in [1.165, 1.54) is 25.3 Å². The molecule has 0 saturated carbocycles. The minimum Gasteiger partial charge on any atom is -0.459 e. The summed E-state index contributed by atoms with van der Waals surface area (Å²) in [5, 5.41) is 0. The molecule has 2 unspecified atom stereocenters. The highest BCUT2D eigenvalue weighted by atomic mass is 32.2. The van der Waals surface area contributed by atoms with E-state index in [-0.39, 0.29) is 41.4 Å². The van der Waals surface area contributed by atoms with Crippen molar-refractivity contribution in [2.24, 2.45) is 0 Å². The summed E-state index contributed by atoms with van der Waals surface area (Å²) in [6, 6.07) is 3.97. The number of esters is 1. The van der Waals surface area contributed by atoms with Gasteiger partial charge in [0.25, 0.3) is 15.9 Å². The van der Waals surface area contributed by atoms with Gasteiger partial charge in [-0.2, -0.15) is 0 Å². The molecule has 2 aliphatic rings. The highest BCUT2D eigenvalue weighted by molar-refractivity contribution is 7.90. The number of benzene rings is 1. The Balaban J connectivity index is 1.74. The maximum atomic E-state index is 12.6. The van der Waals surface area contributed by atoms with Crippen molar-refractivity contribution in [1.82, 2.24) is 4.31 Å². The van der Waals surface area contributed by atoms with Crippen LogP contribution in [0.5, 0.6) is 0 Å². The fourth-order valence-corrected chi connectivity index (χ4v) is 4.88. The van der Waals surface area contributed by atoms with Crippen LogP contribution in [0.25, 0.3) is 0 Å². The summed E-state index contributed by atoms with van der Waals surface area (Å²) in [6.45, 7) is 2.51. The standard InChI is InChI=1S/C18H23NO7S/c1-12(10-14-4-3-8-25-14)26-18(21)13-5-6-15-16(11-13)27(22,23)19(17(15)20)7-9-24-2/h5-6,11-12,14H,3-4,7-10H2,1-2H3. The Kier molecular flexibility index (Phi) is 5.83. The zero-order valence-electron chi connectivity index (χ0n) is 15.3. The second kappa shape index (κ2) is 7.95. The Bertz CT molecular complexity index is 830. The summed E-state index contributed by atoms with van der Waals surface area (Å²) < 4.78 is 41.8. The largest absolute Gasteiger partial charge is 0.459 e. The van der Waals surface area contributed by atoms with Gasteiger partial charge in [-0.15, -0.1) is 0 Å². The molecule has 0 radical (unpaired) electrons. The first-order chi connectivity index (χ1) is 12.8. The third-order valence-electron chi connectivity index (χ3n) is 4.67. The maximum Gasteiger partial charge on any atom is 0.338 e. The Labute approximate surface area is 158 Å². The number of hydrogen-bond acceptors (Lipinski definition) is 7. The number of hydrogen-bond donors (Lipinski definition) is 0. The first-order valence-electron chi connectivity index (χ1n) is 8.87. The molecular formula is C18H23NO7S. The molecule has 1 aromatic rings. The Hall–Kier alpha value is -1.97. The van der Waals surface area contributed by atoms with E-state index in [1.807, 2.05) is 0 Å². The van der Waals surface area contributed by atoms with Crippen LogP contribution in [0.2, 0.25) is 0 Å². The molecule has 0 aromatic heterocycles. The molecule has 1 aromatic carbocycles. The molecular weight excluding hydrogens is 374 g/mol. The molecule has 27 heavy (non-hydrogen) atoms. The fourth-order valence-electron chi connectivity index (χ4n) is 3.30. The van der Waals surface area contributed by atoms with Gasteiger partial charge in [-0.05, 0) is 38.0 Å². The maximum absolute atomic E-state index is 12.6. The Morgan fingerprint density at radius 3 is 2.85 bits per heavy atom. The van der Waals surface area contributed by atoms with E-state index >= 15 is 0 Å². The van der Waals surface area contributed by atoms with Crippen molar-refractivity contribution in [1.29, 1.82) is 0 Å². The average Bonchev–Trinajstić information content (AvgIpc) is 3.19. The predicted molar refractivity (Wildman–Crippen MR) is 95.0 cm³/mol. The second-order valence-electron chi connectivity index (χ2n) is 6.67. The lowest BCUT2D eigenvalue weighted by Gasteiger charge is -2.17. The predicted octanol–water partition coefficient (Wildman–Crippen LogP) is 1.59. The molecule has 1 fully saturated rings. The molecule has 148 valence electrons. The average molecular weight is 397 g/mol. The first-order valence-corrected chi connectivity index (χ1v) is 10.3. The second-order valence-corrected chi connectivity index (χ2v) is 8.50. The highest BCUT2D eigenvalue weighted by Crippen LogP contribution is 2.31. The zero-order valence-corrected chi connectivity index (χ0v) is 16.2. The lowest BCUT2D eigenvalue weighted by atomic mass is 10.1. The van der Waals surface area contributed by atoms with Crippen LogP contribution in [-0.2, 0) is 24.2 Å². The number of ether oxygens (including phenoxy) is 3. The van der Waals surface area contributed by atoms with E-state index in [0.717, 1.165) is 23.8 Å². The molecule has 2 aliphatic heterocycles.